The first kappa shape index (κ1) is 14.8. The molecular formula is C11H16O6S. The number of ketones is 1. The number of esters is 1. The molecule has 0 saturated carbocycles. The molecule has 0 aromatic heterocycles. The van der Waals surface area contributed by atoms with E-state index in [0.717, 1.165) is 6.26 Å². The maximum absolute atomic E-state index is 11.5. The second-order valence-electron chi connectivity index (χ2n) is 4.21. The molecule has 0 saturated heterocycles. The van der Waals surface area contributed by atoms with Gasteiger partial charge in [-0.1, -0.05) is 6.08 Å². The minimum absolute atomic E-state index is 0.151. The Labute approximate surface area is 106 Å². The Hall–Kier alpha value is -1.21. The third-order valence-corrected chi connectivity index (χ3v) is 2.89. The van der Waals surface area contributed by atoms with Crippen LogP contribution in [-0.4, -0.2) is 38.6 Å². The van der Waals surface area contributed by atoms with Crippen LogP contribution < -0.4 is 0 Å². The van der Waals surface area contributed by atoms with Crippen LogP contribution in [0.1, 0.15) is 26.2 Å². The third-order valence-electron chi connectivity index (χ3n) is 2.29. The summed E-state index contributed by atoms with van der Waals surface area (Å²) in [5.41, 5.74) is 0. The quantitative estimate of drug-likeness (QED) is 0.541. The summed E-state index contributed by atoms with van der Waals surface area (Å²) in [7, 11) is -3.70. The Morgan fingerprint density at radius 2 is 2.06 bits per heavy atom. The minimum Gasteiger partial charge on any atom is -0.463 e. The van der Waals surface area contributed by atoms with Crippen LogP contribution in [0.2, 0.25) is 0 Å². The molecule has 18 heavy (non-hydrogen) atoms. The summed E-state index contributed by atoms with van der Waals surface area (Å²) < 4.78 is 31.7. The maximum atomic E-state index is 11.5. The Kier molecular flexibility index (Phi) is 5.03. The molecule has 1 aliphatic rings. The van der Waals surface area contributed by atoms with E-state index in [1.807, 2.05) is 0 Å². The highest BCUT2D eigenvalue weighted by molar-refractivity contribution is 7.86. The van der Waals surface area contributed by atoms with E-state index in [0.29, 0.717) is 6.42 Å². The summed E-state index contributed by atoms with van der Waals surface area (Å²) in [4.78, 5) is 22.9. The normalized spacial score (nSPS) is 28.6. The Balaban J connectivity index is 2.83. The van der Waals surface area contributed by atoms with Crippen molar-refractivity contribution in [3.63, 3.8) is 0 Å². The first-order valence-electron chi connectivity index (χ1n) is 5.55. The lowest BCUT2D eigenvalue weighted by Gasteiger charge is -2.17. The van der Waals surface area contributed by atoms with Crippen LogP contribution in [-0.2, 0) is 28.6 Å². The van der Waals surface area contributed by atoms with Crippen LogP contribution in [0.15, 0.2) is 12.2 Å². The first-order chi connectivity index (χ1) is 8.26. The zero-order valence-electron chi connectivity index (χ0n) is 10.3. The van der Waals surface area contributed by atoms with Gasteiger partial charge in [0.25, 0.3) is 10.1 Å². The van der Waals surface area contributed by atoms with E-state index in [2.05, 4.69) is 0 Å². The van der Waals surface area contributed by atoms with Crippen molar-refractivity contribution < 1.29 is 26.9 Å². The number of carbonyl (C=O) groups is 2. The van der Waals surface area contributed by atoms with Crippen LogP contribution >= 0.6 is 0 Å². The molecule has 0 aliphatic carbocycles. The van der Waals surface area contributed by atoms with Gasteiger partial charge in [-0.2, -0.15) is 8.42 Å². The molecule has 0 aromatic rings. The summed E-state index contributed by atoms with van der Waals surface area (Å²) in [5, 5.41) is 0. The average molecular weight is 276 g/mol. The lowest BCUT2D eigenvalue weighted by atomic mass is 10.1. The highest BCUT2D eigenvalue weighted by Crippen LogP contribution is 2.12. The predicted molar refractivity (Wildman–Crippen MR) is 63.3 cm³/mol. The van der Waals surface area contributed by atoms with Gasteiger partial charge in [-0.3, -0.25) is 13.8 Å². The van der Waals surface area contributed by atoms with Crippen molar-refractivity contribution in [3.8, 4) is 0 Å². The molecule has 0 amide bonds. The van der Waals surface area contributed by atoms with Crippen molar-refractivity contribution in [3.05, 3.63) is 12.2 Å². The van der Waals surface area contributed by atoms with Gasteiger partial charge >= 0.3 is 5.97 Å². The van der Waals surface area contributed by atoms with Gasteiger partial charge in [-0.05, 0) is 19.4 Å². The number of hydrogen-bond donors (Lipinski definition) is 0. The van der Waals surface area contributed by atoms with E-state index < -0.39 is 22.2 Å². The molecule has 0 unspecified atom stereocenters. The van der Waals surface area contributed by atoms with Crippen LogP contribution in [0, 0.1) is 0 Å². The Bertz CT molecular complexity index is 450. The van der Waals surface area contributed by atoms with E-state index in [1.54, 1.807) is 6.92 Å². The monoisotopic (exact) mass is 276 g/mol. The average Bonchev–Trinajstić information content (AvgIpc) is 2.19. The molecule has 0 aromatic carbocycles. The Morgan fingerprint density at radius 3 is 2.67 bits per heavy atom. The van der Waals surface area contributed by atoms with Crippen molar-refractivity contribution in [1.29, 1.82) is 0 Å². The van der Waals surface area contributed by atoms with Gasteiger partial charge in [-0.15, -0.1) is 0 Å². The van der Waals surface area contributed by atoms with Crippen LogP contribution in [0.4, 0.5) is 0 Å². The molecule has 0 spiro atoms. The van der Waals surface area contributed by atoms with Gasteiger partial charge in [0.1, 0.15) is 6.10 Å². The van der Waals surface area contributed by atoms with E-state index >= 15 is 0 Å². The lowest BCUT2D eigenvalue weighted by Crippen LogP contribution is -2.24. The summed E-state index contributed by atoms with van der Waals surface area (Å²) >= 11 is 0. The fourth-order valence-electron chi connectivity index (χ4n) is 1.50. The molecular weight excluding hydrogens is 260 g/mol. The van der Waals surface area contributed by atoms with E-state index in [1.165, 1.54) is 12.2 Å². The number of allylic oxidation sites excluding steroid dienone is 1. The minimum atomic E-state index is -3.70. The predicted octanol–water partition coefficient (Wildman–Crippen LogP) is 0.572. The summed E-state index contributed by atoms with van der Waals surface area (Å²) in [6.45, 7) is 1.68. The number of rotatable bonds is 2. The van der Waals surface area contributed by atoms with Crippen molar-refractivity contribution >= 4 is 21.9 Å². The highest BCUT2D eigenvalue weighted by Gasteiger charge is 2.21. The molecule has 1 heterocycles. The fraction of sp³-hybridized carbons (Fsp3) is 0.636. The van der Waals surface area contributed by atoms with Crippen molar-refractivity contribution in [2.45, 2.75) is 38.4 Å². The van der Waals surface area contributed by atoms with Gasteiger partial charge < -0.3 is 4.74 Å². The number of hydrogen-bond acceptors (Lipinski definition) is 6. The second-order valence-corrected chi connectivity index (χ2v) is 5.81. The molecule has 1 aliphatic heterocycles. The van der Waals surface area contributed by atoms with E-state index in [4.69, 9.17) is 8.92 Å². The van der Waals surface area contributed by atoms with Crippen LogP contribution in [0.5, 0.6) is 0 Å². The van der Waals surface area contributed by atoms with E-state index in [9.17, 15) is 18.0 Å². The number of carbonyl (C=O) groups excluding carboxylic acids is 2. The largest absolute Gasteiger partial charge is 0.463 e. The second kappa shape index (κ2) is 6.10. The summed E-state index contributed by atoms with van der Waals surface area (Å²) in [5.74, 6) is -0.697. The molecule has 2 atom stereocenters. The lowest BCUT2D eigenvalue weighted by molar-refractivity contribution is -0.150. The maximum Gasteiger partial charge on any atom is 0.309 e. The van der Waals surface area contributed by atoms with Crippen LogP contribution in [0.25, 0.3) is 0 Å². The van der Waals surface area contributed by atoms with Gasteiger partial charge in [0.05, 0.1) is 18.8 Å². The number of ether oxygens (including phenoxy) is 1. The molecule has 0 N–H and O–H groups in total. The Morgan fingerprint density at radius 1 is 1.39 bits per heavy atom. The molecule has 1 rings (SSSR count). The van der Waals surface area contributed by atoms with Crippen molar-refractivity contribution in [1.82, 2.24) is 0 Å². The standard InChI is InChI=1S/C11H16O6S/c1-8-3-4-9(12)5-6-10(7-11(13)16-8)17-18(2,14)15/h5-6,8,10H,3-4,7H2,1-2H3/b6-5-/t8-,10-/m1/s1. The molecule has 0 bridgehead atoms. The molecule has 0 radical (unpaired) electrons. The SMILES string of the molecule is C[C@@H]1CCC(=O)/C=C\[C@@H](OS(C)(=O)=O)CC(=O)O1. The molecule has 102 valence electrons. The van der Waals surface area contributed by atoms with Gasteiger partial charge in [0.2, 0.25) is 0 Å². The fourth-order valence-corrected chi connectivity index (χ4v) is 2.08. The molecule has 6 nitrogen and oxygen atoms in total. The summed E-state index contributed by atoms with van der Waals surface area (Å²) in [6.07, 6.45) is 2.51. The van der Waals surface area contributed by atoms with Gasteiger partial charge in [-0.25, -0.2) is 0 Å². The smallest absolute Gasteiger partial charge is 0.309 e. The van der Waals surface area contributed by atoms with Crippen LogP contribution in [0.3, 0.4) is 0 Å². The number of cyclic esters (lactones) is 1. The van der Waals surface area contributed by atoms with E-state index in [-0.39, 0.29) is 24.7 Å². The summed E-state index contributed by atoms with van der Waals surface area (Å²) in [6, 6.07) is 0. The van der Waals surface area contributed by atoms with Gasteiger partial charge in [0.15, 0.2) is 5.78 Å². The molecule has 7 heteroatoms. The molecule has 0 fully saturated rings. The topological polar surface area (TPSA) is 86.7 Å². The highest BCUT2D eigenvalue weighted by atomic mass is 32.2. The first-order valence-corrected chi connectivity index (χ1v) is 7.36. The zero-order valence-corrected chi connectivity index (χ0v) is 11.1. The van der Waals surface area contributed by atoms with Gasteiger partial charge in [0, 0.05) is 6.42 Å². The zero-order chi connectivity index (χ0) is 13.8. The van der Waals surface area contributed by atoms with Crippen molar-refractivity contribution in [2.75, 3.05) is 6.26 Å². The third kappa shape index (κ3) is 5.92. The van der Waals surface area contributed by atoms with Crippen molar-refractivity contribution in [2.24, 2.45) is 0 Å².